The fourth-order valence-corrected chi connectivity index (χ4v) is 5.92. The van der Waals surface area contributed by atoms with Gasteiger partial charge in [-0.3, -0.25) is 4.98 Å². The predicted octanol–water partition coefficient (Wildman–Crippen LogP) is 5.06. The summed E-state index contributed by atoms with van der Waals surface area (Å²) in [7, 11) is 2.13. The predicted molar refractivity (Wildman–Crippen MR) is 149 cm³/mol. The summed E-state index contributed by atoms with van der Waals surface area (Å²) >= 11 is 0. The molecule has 2 aliphatic rings. The second-order valence-electron chi connectivity index (χ2n) is 10.6. The number of likely N-dealkylation sites (N-methyl/N-ethyl adjacent to an activating group) is 1. The van der Waals surface area contributed by atoms with Gasteiger partial charge in [0.15, 0.2) is 0 Å². The highest BCUT2D eigenvalue weighted by molar-refractivity contribution is 5.98. The Morgan fingerprint density at radius 2 is 1.97 bits per heavy atom. The molecule has 0 spiro atoms. The van der Waals surface area contributed by atoms with Gasteiger partial charge in [0.2, 0.25) is 5.95 Å². The molecule has 2 atom stereocenters. The van der Waals surface area contributed by atoms with Crippen molar-refractivity contribution in [2.45, 2.75) is 44.9 Å². The Labute approximate surface area is 226 Å². The van der Waals surface area contributed by atoms with Gasteiger partial charge in [0.05, 0.1) is 29.6 Å². The Hall–Kier alpha value is -4.11. The SMILES string of the molecule is C[C@@H]1Cn2cnc(F)c2CN1c1nc(OC[C@@H]2CCCN2C)nc2cc(-c3cccc4cccnc34)ccc12. The van der Waals surface area contributed by atoms with E-state index in [0.29, 0.717) is 37.4 Å². The number of para-hydroxylation sites is 1. The van der Waals surface area contributed by atoms with Gasteiger partial charge >= 0.3 is 6.01 Å². The number of aromatic nitrogens is 5. The average Bonchev–Trinajstić information content (AvgIpc) is 3.54. The Balaban J connectivity index is 1.34. The van der Waals surface area contributed by atoms with Crippen molar-refractivity contribution < 1.29 is 9.13 Å². The first-order valence-electron chi connectivity index (χ1n) is 13.5. The van der Waals surface area contributed by atoms with Crippen molar-refractivity contribution in [1.82, 2.24) is 29.4 Å². The number of pyridine rings is 1. The summed E-state index contributed by atoms with van der Waals surface area (Å²) in [5, 5.41) is 1.99. The molecule has 0 bridgehead atoms. The first-order valence-corrected chi connectivity index (χ1v) is 13.5. The number of imidazole rings is 1. The molecule has 5 heterocycles. The second-order valence-corrected chi connectivity index (χ2v) is 10.6. The first-order chi connectivity index (χ1) is 19.0. The van der Waals surface area contributed by atoms with Crippen LogP contribution in [0.1, 0.15) is 25.5 Å². The minimum atomic E-state index is -0.434. The molecule has 0 radical (unpaired) electrons. The molecule has 2 aliphatic heterocycles. The van der Waals surface area contributed by atoms with Gasteiger partial charge in [0.25, 0.3) is 0 Å². The van der Waals surface area contributed by atoms with Crippen LogP contribution in [0.2, 0.25) is 0 Å². The molecule has 0 amide bonds. The molecule has 7 rings (SSSR count). The third kappa shape index (κ3) is 4.27. The maximum absolute atomic E-state index is 14.5. The molecule has 1 fully saturated rings. The van der Waals surface area contributed by atoms with E-state index in [2.05, 4.69) is 76.2 Å². The number of likely N-dealkylation sites (tertiary alicyclic amines) is 1. The lowest BCUT2D eigenvalue weighted by atomic mass is 10.0. The highest BCUT2D eigenvalue weighted by Gasteiger charge is 2.29. The number of fused-ring (bicyclic) bond motifs is 3. The van der Waals surface area contributed by atoms with Crippen LogP contribution < -0.4 is 9.64 Å². The van der Waals surface area contributed by atoms with Crippen molar-refractivity contribution in [2.24, 2.45) is 0 Å². The number of nitrogens with zero attached hydrogens (tertiary/aromatic N) is 7. The van der Waals surface area contributed by atoms with Crippen LogP contribution >= 0.6 is 0 Å². The summed E-state index contributed by atoms with van der Waals surface area (Å²) in [6.45, 7) is 4.73. The summed E-state index contributed by atoms with van der Waals surface area (Å²) in [5.41, 5.74) is 4.36. The van der Waals surface area contributed by atoms with Crippen LogP contribution in [0.3, 0.4) is 0 Å². The van der Waals surface area contributed by atoms with Crippen molar-refractivity contribution in [2.75, 3.05) is 25.1 Å². The van der Waals surface area contributed by atoms with Gasteiger partial charge in [-0.1, -0.05) is 30.3 Å². The van der Waals surface area contributed by atoms with Crippen LogP contribution in [-0.4, -0.2) is 61.7 Å². The molecule has 5 aromatic rings. The summed E-state index contributed by atoms with van der Waals surface area (Å²) < 4.78 is 22.6. The van der Waals surface area contributed by atoms with E-state index in [0.717, 1.165) is 51.7 Å². The minimum Gasteiger partial charge on any atom is -0.462 e. The van der Waals surface area contributed by atoms with Crippen LogP contribution in [-0.2, 0) is 13.1 Å². The third-order valence-corrected chi connectivity index (χ3v) is 8.16. The lowest BCUT2D eigenvalue weighted by molar-refractivity contribution is 0.188. The van der Waals surface area contributed by atoms with Gasteiger partial charge in [-0.15, -0.1) is 0 Å². The smallest absolute Gasteiger partial charge is 0.319 e. The summed E-state index contributed by atoms with van der Waals surface area (Å²) in [6.07, 6.45) is 5.66. The molecule has 0 N–H and O–H groups in total. The summed E-state index contributed by atoms with van der Waals surface area (Å²) in [5.74, 6) is 0.313. The third-order valence-electron chi connectivity index (χ3n) is 8.16. The van der Waals surface area contributed by atoms with Gasteiger partial charge in [-0.2, -0.15) is 14.4 Å². The first kappa shape index (κ1) is 24.0. The van der Waals surface area contributed by atoms with E-state index in [9.17, 15) is 4.39 Å². The standard InChI is InChI=1S/C30H30FN7O/c1-19-15-37-18-33-28(31)26(37)16-38(19)29-24-11-10-21(23-9-3-6-20-7-4-12-32-27(20)23)14-25(24)34-30(35-29)39-17-22-8-5-13-36(22)2/h3-4,6-7,9-12,14,18-19,22H,5,8,13,15-17H2,1-2H3/t19-,22+/m1/s1. The van der Waals surface area contributed by atoms with E-state index in [4.69, 9.17) is 14.7 Å². The molecule has 0 unspecified atom stereocenters. The largest absolute Gasteiger partial charge is 0.462 e. The number of benzene rings is 2. The lowest BCUT2D eigenvalue weighted by Crippen LogP contribution is -2.41. The van der Waals surface area contributed by atoms with Crippen molar-refractivity contribution >= 4 is 27.6 Å². The van der Waals surface area contributed by atoms with E-state index in [1.54, 1.807) is 6.33 Å². The molecular weight excluding hydrogens is 493 g/mol. The van der Waals surface area contributed by atoms with Crippen LogP contribution in [0.5, 0.6) is 6.01 Å². The Bertz CT molecular complexity index is 1680. The average molecular weight is 524 g/mol. The van der Waals surface area contributed by atoms with Crippen LogP contribution in [0.15, 0.2) is 61.1 Å². The van der Waals surface area contributed by atoms with Crippen molar-refractivity contribution in [3.63, 3.8) is 0 Å². The fourth-order valence-electron chi connectivity index (χ4n) is 5.92. The van der Waals surface area contributed by atoms with E-state index in [1.165, 1.54) is 6.42 Å². The van der Waals surface area contributed by atoms with Gasteiger partial charge < -0.3 is 19.1 Å². The highest BCUT2D eigenvalue weighted by atomic mass is 19.1. The number of hydrogen-bond acceptors (Lipinski definition) is 7. The van der Waals surface area contributed by atoms with Crippen LogP contribution in [0.25, 0.3) is 32.9 Å². The monoisotopic (exact) mass is 523 g/mol. The number of halogens is 1. The van der Waals surface area contributed by atoms with Gasteiger partial charge in [0.1, 0.15) is 12.4 Å². The van der Waals surface area contributed by atoms with Gasteiger partial charge in [0, 0.05) is 41.2 Å². The van der Waals surface area contributed by atoms with Gasteiger partial charge in [-0.25, -0.2) is 4.98 Å². The number of hydrogen-bond donors (Lipinski definition) is 0. The Morgan fingerprint density at radius 1 is 1.08 bits per heavy atom. The summed E-state index contributed by atoms with van der Waals surface area (Å²) in [4.78, 5) is 22.8. The van der Waals surface area contributed by atoms with Crippen LogP contribution in [0, 0.1) is 5.95 Å². The number of anilines is 1. The molecule has 0 saturated carbocycles. The van der Waals surface area contributed by atoms with E-state index < -0.39 is 5.95 Å². The normalized spacial score (nSPS) is 19.6. The lowest BCUT2D eigenvalue weighted by Gasteiger charge is -2.35. The zero-order valence-corrected chi connectivity index (χ0v) is 22.1. The second kappa shape index (κ2) is 9.57. The molecule has 3 aromatic heterocycles. The number of ether oxygens (including phenoxy) is 1. The molecule has 8 nitrogen and oxygen atoms in total. The van der Waals surface area contributed by atoms with Gasteiger partial charge in [-0.05, 0) is 57.1 Å². The minimum absolute atomic E-state index is 0.0833. The maximum Gasteiger partial charge on any atom is 0.319 e. The Kier molecular flexibility index (Phi) is 5.88. The van der Waals surface area contributed by atoms with Crippen molar-refractivity contribution in [3.8, 4) is 17.1 Å². The molecule has 1 saturated heterocycles. The van der Waals surface area contributed by atoms with E-state index in [1.807, 2.05) is 16.8 Å². The highest BCUT2D eigenvalue weighted by Crippen LogP contribution is 2.35. The Morgan fingerprint density at radius 3 is 2.85 bits per heavy atom. The van der Waals surface area contributed by atoms with E-state index in [-0.39, 0.29) is 6.04 Å². The molecule has 0 aliphatic carbocycles. The molecule has 2 aromatic carbocycles. The molecule has 198 valence electrons. The van der Waals surface area contributed by atoms with E-state index >= 15 is 0 Å². The van der Waals surface area contributed by atoms with Crippen molar-refractivity contribution in [3.05, 3.63) is 72.7 Å². The summed E-state index contributed by atoms with van der Waals surface area (Å²) in [6, 6.07) is 17.2. The molecule has 9 heteroatoms. The van der Waals surface area contributed by atoms with Crippen LogP contribution in [0.4, 0.5) is 10.2 Å². The topological polar surface area (TPSA) is 72.2 Å². The zero-order chi connectivity index (χ0) is 26.5. The maximum atomic E-state index is 14.5. The molecular formula is C30H30FN7O. The quantitative estimate of drug-likeness (QED) is 0.319. The fraction of sp³-hybridized carbons (Fsp3) is 0.333. The molecule has 39 heavy (non-hydrogen) atoms. The zero-order valence-electron chi connectivity index (χ0n) is 22.1. The number of rotatable bonds is 5. The van der Waals surface area contributed by atoms with Crippen molar-refractivity contribution in [1.29, 1.82) is 0 Å².